The van der Waals surface area contributed by atoms with Crippen molar-refractivity contribution >= 4 is 27.9 Å². The molecule has 1 saturated carbocycles. The minimum atomic E-state index is -0.385. The topological polar surface area (TPSA) is 72.3 Å². The minimum Gasteiger partial charge on any atom is -0.397 e. The fourth-order valence-corrected chi connectivity index (χ4v) is 4.39. The number of carbonyl (C=O) groups excluding carboxylic acids is 1. The summed E-state index contributed by atoms with van der Waals surface area (Å²) < 4.78 is 0. The van der Waals surface area contributed by atoms with Gasteiger partial charge in [-0.2, -0.15) is 0 Å². The van der Waals surface area contributed by atoms with E-state index in [0.717, 1.165) is 19.0 Å². The summed E-state index contributed by atoms with van der Waals surface area (Å²) in [5.74, 6) is 1.02. The Kier molecular flexibility index (Phi) is 3.63. The van der Waals surface area contributed by atoms with Gasteiger partial charge in [0.05, 0.1) is 10.7 Å². The molecule has 1 aromatic rings. The van der Waals surface area contributed by atoms with Crippen LogP contribution in [0.15, 0.2) is 0 Å². The van der Waals surface area contributed by atoms with Gasteiger partial charge >= 0.3 is 0 Å². The van der Waals surface area contributed by atoms with Crippen LogP contribution >= 0.6 is 11.3 Å². The van der Waals surface area contributed by atoms with E-state index < -0.39 is 0 Å². The predicted octanol–water partition coefficient (Wildman–Crippen LogP) is 2.93. The van der Waals surface area contributed by atoms with Crippen molar-refractivity contribution < 1.29 is 4.79 Å². The highest BCUT2D eigenvalue weighted by Gasteiger charge is 2.34. The molecular formula is C15H23N3OS. The van der Waals surface area contributed by atoms with Gasteiger partial charge in [-0.1, -0.05) is 13.3 Å². The molecule has 4 nitrogen and oxygen atoms in total. The second-order valence-electron chi connectivity index (χ2n) is 6.04. The van der Waals surface area contributed by atoms with Crippen molar-refractivity contribution in [3.63, 3.8) is 0 Å². The fraction of sp³-hybridized carbons (Fsp3) is 0.667. The van der Waals surface area contributed by atoms with Gasteiger partial charge in [0, 0.05) is 18.7 Å². The van der Waals surface area contributed by atoms with E-state index in [2.05, 4.69) is 11.8 Å². The summed E-state index contributed by atoms with van der Waals surface area (Å²) in [4.78, 5) is 14.5. The largest absolute Gasteiger partial charge is 0.397 e. The van der Waals surface area contributed by atoms with E-state index in [9.17, 15) is 4.79 Å². The first-order chi connectivity index (χ1) is 9.61. The maximum Gasteiger partial charge on any atom is 0.260 e. The molecule has 0 spiro atoms. The molecule has 3 rings (SSSR count). The lowest BCUT2D eigenvalue weighted by Crippen LogP contribution is -2.33. The molecule has 20 heavy (non-hydrogen) atoms. The van der Waals surface area contributed by atoms with Crippen molar-refractivity contribution in [1.82, 2.24) is 0 Å². The molecule has 0 radical (unpaired) electrons. The number of amides is 1. The summed E-state index contributed by atoms with van der Waals surface area (Å²) in [6, 6.07) is 0. The molecule has 2 fully saturated rings. The lowest BCUT2D eigenvalue weighted by molar-refractivity contribution is 0.100. The molecule has 1 amide bonds. The van der Waals surface area contributed by atoms with E-state index in [1.165, 1.54) is 54.0 Å². The Morgan fingerprint density at radius 2 is 1.95 bits per heavy atom. The highest BCUT2D eigenvalue weighted by atomic mass is 32.1. The van der Waals surface area contributed by atoms with Gasteiger partial charge < -0.3 is 16.4 Å². The zero-order valence-electron chi connectivity index (χ0n) is 12.0. The highest BCUT2D eigenvalue weighted by Crippen LogP contribution is 2.52. The van der Waals surface area contributed by atoms with Crippen molar-refractivity contribution in [3.8, 4) is 0 Å². The van der Waals surface area contributed by atoms with E-state index in [-0.39, 0.29) is 5.91 Å². The summed E-state index contributed by atoms with van der Waals surface area (Å²) in [7, 11) is 0. The van der Waals surface area contributed by atoms with Crippen LogP contribution in [-0.2, 0) is 0 Å². The van der Waals surface area contributed by atoms with Crippen LogP contribution in [0.4, 0.5) is 10.7 Å². The maximum atomic E-state index is 11.5. The van der Waals surface area contributed by atoms with Crippen LogP contribution in [0.25, 0.3) is 0 Å². The molecule has 1 aromatic heterocycles. The van der Waals surface area contributed by atoms with Crippen molar-refractivity contribution in [3.05, 3.63) is 10.4 Å². The Hall–Kier alpha value is -1.23. The zero-order valence-corrected chi connectivity index (χ0v) is 12.8. The number of hydrogen-bond donors (Lipinski definition) is 2. The van der Waals surface area contributed by atoms with E-state index in [1.54, 1.807) is 0 Å². The Balaban J connectivity index is 1.89. The number of piperidine rings is 1. The maximum absolute atomic E-state index is 11.5. The van der Waals surface area contributed by atoms with Gasteiger partial charge in [0.25, 0.3) is 5.91 Å². The monoisotopic (exact) mass is 293 g/mol. The smallest absolute Gasteiger partial charge is 0.260 e. The number of thiophene rings is 1. The summed E-state index contributed by atoms with van der Waals surface area (Å²) >= 11 is 1.50. The second kappa shape index (κ2) is 5.28. The second-order valence-corrected chi connectivity index (χ2v) is 7.04. The van der Waals surface area contributed by atoms with Gasteiger partial charge in [0.15, 0.2) is 0 Å². The lowest BCUT2D eigenvalue weighted by Gasteiger charge is -2.33. The van der Waals surface area contributed by atoms with Crippen LogP contribution in [0.3, 0.4) is 0 Å². The van der Waals surface area contributed by atoms with Crippen molar-refractivity contribution in [2.24, 2.45) is 11.7 Å². The Morgan fingerprint density at radius 1 is 1.30 bits per heavy atom. The molecule has 0 atom stereocenters. The van der Waals surface area contributed by atoms with Crippen molar-refractivity contribution in [1.29, 1.82) is 0 Å². The molecule has 1 saturated heterocycles. The number of carbonyl (C=O) groups is 1. The normalized spacial score (nSPS) is 20.4. The SMILES string of the molecule is CCC1CCN(c2sc(C(N)=O)c(N)c2C2CC2)CC1. The first kappa shape index (κ1) is 13.7. The van der Waals surface area contributed by atoms with E-state index in [4.69, 9.17) is 11.5 Å². The quantitative estimate of drug-likeness (QED) is 0.896. The van der Waals surface area contributed by atoms with Crippen LogP contribution in [-0.4, -0.2) is 19.0 Å². The van der Waals surface area contributed by atoms with Gasteiger partial charge in [-0.05, 0) is 37.5 Å². The molecule has 0 aromatic carbocycles. The van der Waals surface area contributed by atoms with Crippen LogP contribution < -0.4 is 16.4 Å². The molecule has 1 aliphatic heterocycles. The fourth-order valence-electron chi connectivity index (χ4n) is 3.17. The summed E-state index contributed by atoms with van der Waals surface area (Å²) in [5.41, 5.74) is 13.5. The third-order valence-corrected chi connectivity index (χ3v) is 5.95. The van der Waals surface area contributed by atoms with Crippen LogP contribution in [0.5, 0.6) is 0 Å². The standard InChI is InChI=1S/C15H23N3OS/c1-2-9-5-7-18(8-6-9)15-11(10-3-4-10)12(16)13(20-15)14(17)19/h9-10H,2-8,16H2,1H3,(H2,17,19). The number of nitrogens with zero attached hydrogens (tertiary/aromatic N) is 1. The number of primary amides is 1. The molecule has 5 heteroatoms. The van der Waals surface area contributed by atoms with Crippen molar-refractivity contribution in [2.75, 3.05) is 23.7 Å². The molecule has 4 N–H and O–H groups in total. The first-order valence-electron chi connectivity index (χ1n) is 7.58. The van der Waals surface area contributed by atoms with Gasteiger partial charge in [0.1, 0.15) is 4.88 Å². The molecule has 110 valence electrons. The molecule has 1 aliphatic carbocycles. The Labute approximate surface area is 124 Å². The first-order valence-corrected chi connectivity index (χ1v) is 8.40. The predicted molar refractivity (Wildman–Crippen MR) is 84.5 cm³/mol. The number of rotatable bonds is 4. The Morgan fingerprint density at radius 3 is 2.45 bits per heavy atom. The molecule has 0 unspecified atom stereocenters. The lowest BCUT2D eigenvalue weighted by atomic mass is 9.94. The van der Waals surface area contributed by atoms with E-state index >= 15 is 0 Å². The van der Waals surface area contributed by atoms with Crippen LogP contribution in [0, 0.1) is 5.92 Å². The average Bonchev–Trinajstić information content (AvgIpc) is 3.22. The highest BCUT2D eigenvalue weighted by molar-refractivity contribution is 7.18. The van der Waals surface area contributed by atoms with E-state index in [0.29, 0.717) is 16.5 Å². The summed E-state index contributed by atoms with van der Waals surface area (Å²) in [6.45, 7) is 4.43. The van der Waals surface area contributed by atoms with Gasteiger partial charge in [-0.25, -0.2) is 0 Å². The molecule has 0 bridgehead atoms. The third-order valence-electron chi connectivity index (χ3n) is 4.65. The van der Waals surface area contributed by atoms with Gasteiger partial charge in [-0.15, -0.1) is 11.3 Å². The molecular weight excluding hydrogens is 270 g/mol. The Bertz CT molecular complexity index is 513. The van der Waals surface area contributed by atoms with Crippen LogP contribution in [0.2, 0.25) is 0 Å². The van der Waals surface area contributed by atoms with Gasteiger partial charge in [0.2, 0.25) is 0 Å². The summed E-state index contributed by atoms with van der Waals surface area (Å²) in [5, 5.41) is 1.22. The minimum absolute atomic E-state index is 0.385. The third kappa shape index (κ3) is 2.39. The number of anilines is 2. The molecule has 2 heterocycles. The van der Waals surface area contributed by atoms with E-state index in [1.807, 2.05) is 0 Å². The number of nitrogen functional groups attached to an aromatic ring is 1. The van der Waals surface area contributed by atoms with Crippen LogP contribution in [0.1, 0.15) is 60.2 Å². The van der Waals surface area contributed by atoms with Crippen molar-refractivity contribution in [2.45, 2.75) is 44.9 Å². The number of nitrogens with two attached hydrogens (primary N) is 2. The number of hydrogen-bond acceptors (Lipinski definition) is 4. The summed E-state index contributed by atoms with van der Waals surface area (Å²) in [6.07, 6.45) is 6.13. The molecule has 2 aliphatic rings. The zero-order chi connectivity index (χ0) is 14.3. The average molecular weight is 293 g/mol. The van der Waals surface area contributed by atoms with Gasteiger partial charge in [-0.3, -0.25) is 4.79 Å².